The van der Waals surface area contributed by atoms with Gasteiger partial charge in [-0.05, 0) is 23.3 Å². The fourth-order valence-electron chi connectivity index (χ4n) is 1.80. The number of hydrogen-bond acceptors (Lipinski definition) is 3. The molecule has 0 aliphatic carbocycles. The molecule has 0 radical (unpaired) electrons. The van der Waals surface area contributed by atoms with Crippen LogP contribution in [0.1, 0.15) is 11.1 Å². The molecule has 0 bridgehead atoms. The second-order valence-electron chi connectivity index (χ2n) is 4.59. The molecule has 0 unspecified atom stereocenters. The Balaban J connectivity index is 1.54. The Morgan fingerprint density at radius 2 is 1.57 bits per heavy atom. The van der Waals surface area contributed by atoms with Crippen LogP contribution in [0, 0.1) is 0 Å². The first-order valence-corrected chi connectivity index (χ1v) is 8.06. The first-order chi connectivity index (χ1) is 10.3. The minimum absolute atomic E-state index is 0.0935. The average molecular weight is 301 g/mol. The van der Waals surface area contributed by atoms with Gasteiger partial charge in [0.15, 0.2) is 0 Å². The molecule has 2 aromatic carbocycles. The molecule has 0 fully saturated rings. The minimum Gasteiger partial charge on any atom is -0.272 e. The summed E-state index contributed by atoms with van der Waals surface area (Å²) in [5.41, 5.74) is 4.80. The van der Waals surface area contributed by atoms with Crippen molar-refractivity contribution in [3.63, 3.8) is 0 Å². The molecule has 21 heavy (non-hydrogen) atoms. The van der Waals surface area contributed by atoms with Gasteiger partial charge in [0, 0.05) is 0 Å². The van der Waals surface area contributed by atoms with Crippen LogP contribution in [0.2, 0.25) is 0 Å². The Hall–Kier alpha value is -1.78. The first kappa shape index (κ1) is 15.6. The van der Waals surface area contributed by atoms with Crippen molar-refractivity contribution in [3.05, 3.63) is 71.8 Å². The maximum atomic E-state index is 11.6. The molecule has 0 aliphatic heterocycles. The normalized spacial score (nSPS) is 10.3. The zero-order valence-corrected chi connectivity index (χ0v) is 12.6. The predicted octanol–water partition coefficient (Wildman–Crippen LogP) is 3.21. The fraction of sp³-hybridized carbons (Fsp3) is 0.235. The van der Waals surface area contributed by atoms with Crippen molar-refractivity contribution in [1.82, 2.24) is 5.48 Å². The van der Waals surface area contributed by atoms with Gasteiger partial charge in [0.1, 0.15) is 0 Å². The molecule has 2 rings (SSSR count). The number of carbonyl (C=O) groups is 1. The molecular formula is C17H19NO2S. The van der Waals surface area contributed by atoms with E-state index in [4.69, 9.17) is 4.84 Å². The summed E-state index contributed by atoms with van der Waals surface area (Å²) in [5, 5.41) is 0. The zero-order chi connectivity index (χ0) is 14.8. The van der Waals surface area contributed by atoms with Crippen LogP contribution in [0.5, 0.6) is 0 Å². The highest BCUT2D eigenvalue weighted by molar-refractivity contribution is 7.99. The summed E-state index contributed by atoms with van der Waals surface area (Å²) >= 11 is 1.61. The van der Waals surface area contributed by atoms with E-state index >= 15 is 0 Å². The van der Waals surface area contributed by atoms with Crippen LogP contribution in [0.3, 0.4) is 0 Å². The third-order valence-corrected chi connectivity index (χ3v) is 3.84. The van der Waals surface area contributed by atoms with Gasteiger partial charge in [-0.1, -0.05) is 60.7 Å². The van der Waals surface area contributed by atoms with Crippen LogP contribution in [0.25, 0.3) is 0 Å². The van der Waals surface area contributed by atoms with Gasteiger partial charge in [0.05, 0.1) is 12.4 Å². The monoisotopic (exact) mass is 301 g/mol. The summed E-state index contributed by atoms with van der Waals surface area (Å²) in [6.45, 7) is 0.390. The van der Waals surface area contributed by atoms with Gasteiger partial charge in [-0.2, -0.15) is 11.8 Å². The number of benzene rings is 2. The van der Waals surface area contributed by atoms with Gasteiger partial charge in [0.25, 0.3) is 5.91 Å². The summed E-state index contributed by atoms with van der Waals surface area (Å²) in [4.78, 5) is 16.8. The number of aryl methyl sites for hydroxylation is 1. The zero-order valence-electron chi connectivity index (χ0n) is 11.8. The van der Waals surface area contributed by atoms with Crippen LogP contribution in [-0.4, -0.2) is 17.4 Å². The van der Waals surface area contributed by atoms with Crippen molar-refractivity contribution in [2.45, 2.75) is 13.0 Å². The van der Waals surface area contributed by atoms with E-state index < -0.39 is 0 Å². The lowest BCUT2D eigenvalue weighted by Gasteiger charge is -2.06. The quantitative estimate of drug-likeness (QED) is 0.601. The molecule has 4 heteroatoms. The van der Waals surface area contributed by atoms with Gasteiger partial charge in [-0.25, -0.2) is 5.48 Å². The highest BCUT2D eigenvalue weighted by Gasteiger charge is 2.02. The number of carbonyl (C=O) groups excluding carboxylic acids is 1. The third kappa shape index (κ3) is 6.47. The van der Waals surface area contributed by atoms with Crippen molar-refractivity contribution >= 4 is 17.7 Å². The lowest BCUT2D eigenvalue weighted by molar-refractivity contribution is -0.131. The maximum absolute atomic E-state index is 11.6. The van der Waals surface area contributed by atoms with E-state index in [0.717, 1.165) is 17.7 Å². The first-order valence-electron chi connectivity index (χ1n) is 6.91. The van der Waals surface area contributed by atoms with E-state index in [2.05, 4.69) is 17.6 Å². The molecule has 1 N–H and O–H groups in total. The molecule has 0 heterocycles. The molecule has 1 amide bonds. The smallest absolute Gasteiger partial charge is 0.253 e. The number of amides is 1. The SMILES string of the molecule is O=C(CSCCc1ccccc1)NOCc1ccccc1. The molecule has 110 valence electrons. The molecule has 2 aromatic rings. The second-order valence-corrected chi connectivity index (χ2v) is 5.69. The molecule has 0 saturated carbocycles. The van der Waals surface area contributed by atoms with Crippen LogP contribution in [0.4, 0.5) is 0 Å². The van der Waals surface area contributed by atoms with Gasteiger partial charge in [0.2, 0.25) is 0 Å². The van der Waals surface area contributed by atoms with E-state index in [0.29, 0.717) is 12.4 Å². The Labute approximate surface area is 129 Å². The number of nitrogens with one attached hydrogen (secondary N) is 1. The molecule has 0 aromatic heterocycles. The lowest BCUT2D eigenvalue weighted by Crippen LogP contribution is -2.25. The van der Waals surface area contributed by atoms with Gasteiger partial charge in [-0.15, -0.1) is 0 Å². The highest BCUT2D eigenvalue weighted by Crippen LogP contribution is 2.06. The number of hydrogen-bond donors (Lipinski definition) is 1. The Morgan fingerprint density at radius 3 is 2.24 bits per heavy atom. The number of hydroxylamine groups is 1. The molecule has 0 aliphatic rings. The van der Waals surface area contributed by atoms with Crippen LogP contribution in [0.15, 0.2) is 60.7 Å². The summed E-state index contributed by atoms with van der Waals surface area (Å²) in [5.74, 6) is 1.25. The predicted molar refractivity (Wildman–Crippen MR) is 86.8 cm³/mol. The average Bonchev–Trinajstić information content (AvgIpc) is 2.54. The number of rotatable bonds is 8. The van der Waals surface area contributed by atoms with Crippen molar-refractivity contribution in [2.75, 3.05) is 11.5 Å². The van der Waals surface area contributed by atoms with E-state index in [-0.39, 0.29) is 5.91 Å². The van der Waals surface area contributed by atoms with Gasteiger partial charge in [-0.3, -0.25) is 9.63 Å². The van der Waals surface area contributed by atoms with E-state index in [1.165, 1.54) is 5.56 Å². The molecular weight excluding hydrogens is 282 g/mol. The standard InChI is InChI=1S/C17H19NO2S/c19-17(18-20-13-16-9-5-2-6-10-16)14-21-12-11-15-7-3-1-4-8-15/h1-10H,11-14H2,(H,18,19). The molecule has 3 nitrogen and oxygen atoms in total. The molecule has 0 spiro atoms. The molecule has 0 saturated heterocycles. The maximum Gasteiger partial charge on any atom is 0.253 e. The van der Waals surface area contributed by atoms with Crippen molar-refractivity contribution in [2.24, 2.45) is 0 Å². The van der Waals surface area contributed by atoms with Crippen LogP contribution < -0.4 is 5.48 Å². The summed E-state index contributed by atoms with van der Waals surface area (Å²) < 4.78 is 0. The summed E-state index contributed by atoms with van der Waals surface area (Å²) in [6, 6.07) is 20.0. The summed E-state index contributed by atoms with van der Waals surface area (Å²) in [6.07, 6.45) is 0.976. The topological polar surface area (TPSA) is 38.3 Å². The van der Waals surface area contributed by atoms with E-state index in [1.807, 2.05) is 48.5 Å². The number of thioether (sulfide) groups is 1. The Bertz CT molecular complexity index is 531. The Morgan fingerprint density at radius 1 is 0.952 bits per heavy atom. The van der Waals surface area contributed by atoms with Crippen LogP contribution in [-0.2, 0) is 22.7 Å². The fourth-order valence-corrected chi connectivity index (χ4v) is 2.57. The van der Waals surface area contributed by atoms with Crippen molar-refractivity contribution < 1.29 is 9.63 Å². The van der Waals surface area contributed by atoms with E-state index in [1.54, 1.807) is 11.8 Å². The third-order valence-electron chi connectivity index (χ3n) is 2.88. The second kappa shape index (κ2) is 9.21. The highest BCUT2D eigenvalue weighted by atomic mass is 32.2. The van der Waals surface area contributed by atoms with E-state index in [9.17, 15) is 4.79 Å². The van der Waals surface area contributed by atoms with Crippen LogP contribution >= 0.6 is 11.8 Å². The van der Waals surface area contributed by atoms with Gasteiger partial charge >= 0.3 is 0 Å². The Kier molecular flexibility index (Phi) is 6.84. The molecule has 0 atom stereocenters. The van der Waals surface area contributed by atoms with Crippen molar-refractivity contribution in [1.29, 1.82) is 0 Å². The minimum atomic E-state index is -0.0935. The lowest BCUT2D eigenvalue weighted by atomic mass is 10.2. The van der Waals surface area contributed by atoms with Crippen molar-refractivity contribution in [3.8, 4) is 0 Å². The largest absolute Gasteiger partial charge is 0.272 e. The van der Waals surface area contributed by atoms with Gasteiger partial charge < -0.3 is 0 Å². The summed E-state index contributed by atoms with van der Waals surface area (Å²) in [7, 11) is 0.